The van der Waals surface area contributed by atoms with Crippen LogP contribution in [-0.4, -0.2) is 14.0 Å². The van der Waals surface area contributed by atoms with E-state index in [4.69, 9.17) is 0 Å². The second-order valence-electron chi connectivity index (χ2n) is 5.07. The Kier molecular flexibility index (Phi) is 3.44. The molecule has 1 fully saturated rings. The van der Waals surface area contributed by atoms with Gasteiger partial charge in [0, 0.05) is 10.4 Å². The molecule has 1 aromatic heterocycles. The van der Waals surface area contributed by atoms with E-state index in [0.717, 1.165) is 21.5 Å². The van der Waals surface area contributed by atoms with Gasteiger partial charge in [-0.2, -0.15) is 0 Å². The zero-order valence-electron chi connectivity index (χ0n) is 10.1. The lowest BCUT2D eigenvalue weighted by Crippen LogP contribution is -2.45. The van der Waals surface area contributed by atoms with Crippen LogP contribution in [0, 0.1) is 12.8 Å². The van der Waals surface area contributed by atoms with Crippen molar-refractivity contribution in [3.8, 4) is 0 Å². The van der Waals surface area contributed by atoms with Crippen molar-refractivity contribution in [2.45, 2.75) is 44.0 Å². The van der Waals surface area contributed by atoms with Crippen molar-refractivity contribution in [1.82, 2.24) is 4.72 Å². The summed E-state index contributed by atoms with van der Waals surface area (Å²) in [5.74, 6) is 0.472. The van der Waals surface area contributed by atoms with Gasteiger partial charge in [0.15, 0.2) is 0 Å². The Hall–Kier alpha value is 0.0900. The molecule has 0 saturated heterocycles. The highest BCUT2D eigenvalue weighted by atomic mass is 79.9. The molecule has 6 heteroatoms. The summed E-state index contributed by atoms with van der Waals surface area (Å²) in [5.41, 5.74) is -0.348. The minimum absolute atomic E-state index is 0.348. The lowest BCUT2D eigenvalue weighted by atomic mass is 10.0. The van der Waals surface area contributed by atoms with Crippen LogP contribution in [0.3, 0.4) is 0 Å². The van der Waals surface area contributed by atoms with E-state index in [1.165, 1.54) is 11.3 Å². The average molecular weight is 338 g/mol. The summed E-state index contributed by atoms with van der Waals surface area (Å²) in [6, 6.07) is 1.67. The molecule has 0 unspecified atom stereocenters. The van der Waals surface area contributed by atoms with Gasteiger partial charge in [0.2, 0.25) is 10.0 Å². The molecular formula is C11H16BrNO2S2. The number of rotatable bonds is 4. The van der Waals surface area contributed by atoms with Crippen LogP contribution in [0.1, 0.15) is 31.6 Å². The molecule has 1 heterocycles. The van der Waals surface area contributed by atoms with Crippen LogP contribution in [0.2, 0.25) is 0 Å². The van der Waals surface area contributed by atoms with Gasteiger partial charge in [0.1, 0.15) is 0 Å². The van der Waals surface area contributed by atoms with Crippen LogP contribution in [0.25, 0.3) is 0 Å². The highest BCUT2D eigenvalue weighted by molar-refractivity contribution is 9.11. The maximum atomic E-state index is 12.3. The summed E-state index contributed by atoms with van der Waals surface area (Å²) in [6.07, 6.45) is 2.23. The third-order valence-electron chi connectivity index (χ3n) is 3.13. The first kappa shape index (κ1) is 13.5. The summed E-state index contributed by atoms with van der Waals surface area (Å²) in [7, 11) is -3.40. The third-order valence-corrected chi connectivity index (χ3v) is 6.61. The van der Waals surface area contributed by atoms with E-state index < -0.39 is 10.0 Å². The second kappa shape index (κ2) is 4.33. The summed E-state index contributed by atoms with van der Waals surface area (Å²) in [6.45, 7) is 5.74. The van der Waals surface area contributed by atoms with Gasteiger partial charge >= 0.3 is 0 Å². The van der Waals surface area contributed by atoms with Gasteiger partial charge in [0.25, 0.3) is 0 Å². The molecule has 2 rings (SSSR count). The summed E-state index contributed by atoms with van der Waals surface area (Å²) >= 11 is 4.77. The van der Waals surface area contributed by atoms with Gasteiger partial charge in [-0.05, 0) is 61.5 Å². The van der Waals surface area contributed by atoms with Crippen LogP contribution in [0.15, 0.2) is 14.7 Å². The Balaban J connectivity index is 2.27. The van der Waals surface area contributed by atoms with Gasteiger partial charge < -0.3 is 0 Å². The van der Waals surface area contributed by atoms with Gasteiger partial charge in [-0.25, -0.2) is 13.1 Å². The van der Waals surface area contributed by atoms with Crippen molar-refractivity contribution in [2.24, 2.45) is 5.92 Å². The van der Waals surface area contributed by atoms with E-state index in [0.29, 0.717) is 10.8 Å². The minimum atomic E-state index is -3.40. The highest BCUT2D eigenvalue weighted by Crippen LogP contribution is 2.40. The quantitative estimate of drug-likeness (QED) is 0.916. The number of thiophene rings is 1. The fourth-order valence-electron chi connectivity index (χ4n) is 1.99. The number of nitrogens with one attached hydrogen (secondary N) is 1. The molecule has 0 amide bonds. The topological polar surface area (TPSA) is 46.2 Å². The fraction of sp³-hybridized carbons (Fsp3) is 0.636. The smallest absolute Gasteiger partial charge is 0.207 e. The Labute approximate surface area is 115 Å². The van der Waals surface area contributed by atoms with Crippen molar-refractivity contribution < 1.29 is 8.42 Å². The molecule has 0 radical (unpaired) electrons. The van der Waals surface area contributed by atoms with E-state index in [1.54, 1.807) is 6.07 Å². The molecule has 0 atom stereocenters. The lowest BCUT2D eigenvalue weighted by Gasteiger charge is -2.25. The lowest BCUT2D eigenvalue weighted by molar-refractivity contribution is 0.400. The summed E-state index contributed by atoms with van der Waals surface area (Å²) < 4.78 is 28.2. The second-order valence-corrected chi connectivity index (χ2v) is 9.36. The fourth-order valence-corrected chi connectivity index (χ4v) is 5.87. The predicted molar refractivity (Wildman–Crippen MR) is 73.9 cm³/mol. The van der Waals surface area contributed by atoms with Gasteiger partial charge in [-0.1, -0.05) is 0 Å². The molecular weight excluding hydrogens is 322 g/mol. The molecule has 1 N–H and O–H groups in total. The first-order valence-electron chi connectivity index (χ1n) is 5.52. The van der Waals surface area contributed by atoms with Crippen LogP contribution < -0.4 is 4.72 Å². The Morgan fingerprint density at radius 2 is 2.06 bits per heavy atom. The van der Waals surface area contributed by atoms with Gasteiger partial charge in [0.05, 0.1) is 8.68 Å². The first-order valence-corrected chi connectivity index (χ1v) is 8.61. The summed E-state index contributed by atoms with van der Waals surface area (Å²) in [5, 5.41) is 0. The molecule has 1 aromatic rings. The van der Waals surface area contributed by atoms with Gasteiger partial charge in [-0.3, -0.25) is 0 Å². The first-order chi connectivity index (χ1) is 7.72. The Bertz CT molecular complexity index is 530. The van der Waals surface area contributed by atoms with E-state index in [1.807, 2.05) is 20.8 Å². The third kappa shape index (κ3) is 2.92. The maximum Gasteiger partial charge on any atom is 0.242 e. The Morgan fingerprint density at radius 1 is 1.47 bits per heavy atom. The van der Waals surface area contributed by atoms with Gasteiger partial charge in [-0.15, -0.1) is 11.3 Å². The molecule has 1 saturated carbocycles. The molecule has 3 nitrogen and oxygen atoms in total. The Morgan fingerprint density at radius 3 is 2.47 bits per heavy atom. The normalized spacial score (nSPS) is 17.4. The molecule has 1 aliphatic carbocycles. The maximum absolute atomic E-state index is 12.3. The van der Waals surface area contributed by atoms with E-state index >= 15 is 0 Å². The molecule has 0 spiro atoms. The van der Waals surface area contributed by atoms with Crippen LogP contribution in [-0.2, 0) is 10.0 Å². The van der Waals surface area contributed by atoms with E-state index in [2.05, 4.69) is 20.7 Å². The van der Waals surface area contributed by atoms with Crippen molar-refractivity contribution in [3.05, 3.63) is 14.7 Å². The molecule has 1 aliphatic rings. The number of hydrogen-bond acceptors (Lipinski definition) is 3. The zero-order chi connectivity index (χ0) is 12.8. The SMILES string of the molecule is Cc1sc(Br)cc1S(=O)(=O)NC(C)(C)C1CC1. The number of hydrogen-bond donors (Lipinski definition) is 1. The van der Waals surface area contributed by atoms with Crippen LogP contribution >= 0.6 is 27.3 Å². The number of sulfonamides is 1. The largest absolute Gasteiger partial charge is 0.242 e. The van der Waals surface area contributed by atoms with Crippen molar-refractivity contribution in [2.75, 3.05) is 0 Å². The molecule has 0 aromatic carbocycles. The zero-order valence-corrected chi connectivity index (χ0v) is 13.3. The van der Waals surface area contributed by atoms with E-state index in [-0.39, 0.29) is 5.54 Å². The predicted octanol–water partition coefficient (Wildman–Crippen LogP) is 3.29. The average Bonchev–Trinajstić information content (AvgIpc) is 2.91. The van der Waals surface area contributed by atoms with Crippen LogP contribution in [0.4, 0.5) is 0 Å². The van der Waals surface area contributed by atoms with E-state index in [9.17, 15) is 8.42 Å². The summed E-state index contributed by atoms with van der Waals surface area (Å²) in [4.78, 5) is 1.21. The van der Waals surface area contributed by atoms with Crippen LogP contribution in [0.5, 0.6) is 0 Å². The molecule has 96 valence electrons. The number of halogens is 1. The molecule has 0 bridgehead atoms. The van der Waals surface area contributed by atoms with Crippen molar-refractivity contribution in [3.63, 3.8) is 0 Å². The monoisotopic (exact) mass is 337 g/mol. The molecule has 17 heavy (non-hydrogen) atoms. The molecule has 0 aliphatic heterocycles. The van der Waals surface area contributed by atoms with Crippen molar-refractivity contribution in [1.29, 1.82) is 0 Å². The van der Waals surface area contributed by atoms with Crippen molar-refractivity contribution >= 4 is 37.3 Å². The highest BCUT2D eigenvalue weighted by Gasteiger charge is 2.41. The minimum Gasteiger partial charge on any atom is -0.207 e. The number of aryl methyl sites for hydroxylation is 1. The standard InChI is InChI=1S/C11H16BrNO2S2/c1-7-9(6-10(12)16-7)17(14,15)13-11(2,3)8-4-5-8/h6,8,13H,4-5H2,1-3H3.